The SMILES string of the molecule is C[C@]12CC[C@](C)(CC(N(CCF)c3ccc(-c4c(O)cc(-c5cn[nH]c5)cc4F)nn3)C1)N2. The third kappa shape index (κ3) is 4.06. The van der Waals surface area contributed by atoms with E-state index in [1.807, 2.05) is 4.90 Å². The zero-order valence-corrected chi connectivity index (χ0v) is 18.8. The highest BCUT2D eigenvalue weighted by Gasteiger charge is 2.50. The molecule has 0 spiro atoms. The van der Waals surface area contributed by atoms with Gasteiger partial charge >= 0.3 is 0 Å². The van der Waals surface area contributed by atoms with Gasteiger partial charge in [-0.05, 0) is 69.4 Å². The standard InChI is InChI=1S/C24H28F2N6O/c1-23-5-6-24(2,31-23)12-17(11-23)32(8-7-25)21-4-3-19(29-30-21)22-18(26)9-15(10-20(22)33)16-13-27-28-14-16/h3-4,9-10,13-14,17,31,33H,5-8,11-12H2,1-2H3,(H,27,28)/t17?,23-,24+. The van der Waals surface area contributed by atoms with Crippen LogP contribution in [-0.4, -0.2) is 55.8 Å². The first kappa shape index (κ1) is 21.8. The van der Waals surface area contributed by atoms with Crippen LogP contribution in [0.1, 0.15) is 39.5 Å². The van der Waals surface area contributed by atoms with E-state index in [2.05, 4.69) is 39.6 Å². The monoisotopic (exact) mass is 454 g/mol. The number of piperidine rings is 1. The molecule has 2 aliphatic rings. The van der Waals surface area contributed by atoms with Gasteiger partial charge in [0.25, 0.3) is 0 Å². The summed E-state index contributed by atoms with van der Waals surface area (Å²) in [4.78, 5) is 1.98. The largest absolute Gasteiger partial charge is 0.507 e. The molecule has 1 aromatic carbocycles. The molecule has 3 N–H and O–H groups in total. The zero-order chi connectivity index (χ0) is 23.2. The lowest BCUT2D eigenvalue weighted by atomic mass is 9.84. The van der Waals surface area contributed by atoms with E-state index in [9.17, 15) is 13.9 Å². The van der Waals surface area contributed by atoms with E-state index in [0.717, 1.165) is 25.7 Å². The van der Waals surface area contributed by atoms with E-state index in [4.69, 9.17) is 0 Å². The van der Waals surface area contributed by atoms with Crippen molar-refractivity contribution in [2.75, 3.05) is 18.1 Å². The number of aromatic hydroxyl groups is 1. The van der Waals surface area contributed by atoms with Gasteiger partial charge in [-0.1, -0.05) is 0 Å². The van der Waals surface area contributed by atoms with Crippen molar-refractivity contribution in [3.8, 4) is 28.1 Å². The highest BCUT2D eigenvalue weighted by molar-refractivity contribution is 5.74. The van der Waals surface area contributed by atoms with Gasteiger partial charge in [0.05, 0.1) is 17.5 Å². The third-order valence-electron chi connectivity index (χ3n) is 7.07. The normalized spacial score (nSPS) is 26.5. The Bertz CT molecular complexity index is 1100. The summed E-state index contributed by atoms with van der Waals surface area (Å²) in [6.07, 6.45) is 7.17. The summed E-state index contributed by atoms with van der Waals surface area (Å²) < 4.78 is 28.4. The number of hydrogen-bond donors (Lipinski definition) is 3. The van der Waals surface area contributed by atoms with Crippen LogP contribution in [0.3, 0.4) is 0 Å². The van der Waals surface area contributed by atoms with E-state index < -0.39 is 12.5 Å². The predicted molar refractivity (Wildman–Crippen MR) is 122 cm³/mol. The van der Waals surface area contributed by atoms with Crippen LogP contribution < -0.4 is 10.2 Å². The molecule has 4 heterocycles. The smallest absolute Gasteiger partial charge is 0.151 e. The van der Waals surface area contributed by atoms with E-state index in [1.54, 1.807) is 24.5 Å². The first-order chi connectivity index (χ1) is 15.8. The Morgan fingerprint density at radius 1 is 1.12 bits per heavy atom. The fourth-order valence-electron chi connectivity index (χ4n) is 5.65. The van der Waals surface area contributed by atoms with Gasteiger partial charge in [-0.3, -0.25) is 5.10 Å². The Labute approximate surface area is 191 Å². The van der Waals surface area contributed by atoms with Crippen molar-refractivity contribution in [1.29, 1.82) is 0 Å². The number of halogens is 2. The van der Waals surface area contributed by atoms with Gasteiger partial charge in [-0.15, -0.1) is 10.2 Å². The summed E-state index contributed by atoms with van der Waals surface area (Å²) in [7, 11) is 0. The molecule has 5 rings (SSSR count). The molecule has 0 amide bonds. The minimum atomic E-state index is -0.607. The van der Waals surface area contributed by atoms with Crippen molar-refractivity contribution in [1.82, 2.24) is 25.7 Å². The van der Waals surface area contributed by atoms with Crippen LogP contribution >= 0.6 is 0 Å². The average Bonchev–Trinajstić information content (AvgIpc) is 3.38. The number of phenolic OH excluding ortho intramolecular Hbond substituents is 1. The maximum absolute atomic E-state index is 14.9. The van der Waals surface area contributed by atoms with E-state index in [0.29, 0.717) is 16.9 Å². The third-order valence-corrected chi connectivity index (χ3v) is 7.07. The Hall–Kier alpha value is -3.07. The van der Waals surface area contributed by atoms with E-state index in [-0.39, 0.29) is 40.7 Å². The van der Waals surface area contributed by atoms with E-state index >= 15 is 0 Å². The summed E-state index contributed by atoms with van der Waals surface area (Å²) in [6.45, 7) is 4.19. The van der Waals surface area contributed by atoms with Crippen LogP contribution in [0.4, 0.5) is 14.6 Å². The molecular formula is C24H28F2N6O. The Morgan fingerprint density at radius 3 is 2.45 bits per heavy atom. The van der Waals surface area contributed by atoms with Gasteiger partial charge in [0.2, 0.25) is 0 Å². The summed E-state index contributed by atoms with van der Waals surface area (Å²) in [6, 6.07) is 6.30. The Morgan fingerprint density at radius 2 is 1.88 bits per heavy atom. The van der Waals surface area contributed by atoms with Gasteiger partial charge in [-0.25, -0.2) is 8.78 Å². The summed E-state index contributed by atoms with van der Waals surface area (Å²) >= 11 is 0. The first-order valence-electron chi connectivity index (χ1n) is 11.3. The van der Waals surface area contributed by atoms with Crippen LogP contribution in [0.15, 0.2) is 36.7 Å². The summed E-state index contributed by atoms with van der Waals surface area (Å²) in [5.74, 6) is -0.279. The van der Waals surface area contributed by atoms with Gasteiger partial charge < -0.3 is 15.3 Å². The second-order valence-corrected chi connectivity index (χ2v) is 9.81. The number of aromatic nitrogens is 4. The molecule has 2 saturated heterocycles. The van der Waals surface area contributed by atoms with Gasteiger partial charge in [0.1, 0.15) is 18.2 Å². The quantitative estimate of drug-likeness (QED) is 0.517. The van der Waals surface area contributed by atoms with Crippen LogP contribution in [0.25, 0.3) is 22.4 Å². The molecule has 2 bridgehead atoms. The van der Waals surface area contributed by atoms with Crippen molar-refractivity contribution in [2.24, 2.45) is 0 Å². The fraction of sp³-hybridized carbons (Fsp3) is 0.458. The number of nitrogens with zero attached hydrogens (tertiary/aromatic N) is 4. The summed E-state index contributed by atoms with van der Waals surface area (Å²) in [5.41, 5.74) is 1.44. The number of H-pyrrole nitrogens is 1. The number of nitrogens with one attached hydrogen (secondary N) is 2. The summed E-state index contributed by atoms with van der Waals surface area (Å²) in [5, 5.41) is 29.3. The van der Waals surface area contributed by atoms with Crippen LogP contribution in [0, 0.1) is 5.82 Å². The number of aromatic amines is 1. The average molecular weight is 455 g/mol. The highest BCUT2D eigenvalue weighted by Crippen LogP contribution is 2.44. The van der Waals surface area contributed by atoms with Crippen molar-refractivity contribution < 1.29 is 13.9 Å². The molecule has 7 nitrogen and oxygen atoms in total. The number of rotatable bonds is 6. The van der Waals surface area contributed by atoms with Gasteiger partial charge in [0.15, 0.2) is 5.82 Å². The van der Waals surface area contributed by atoms with Crippen LogP contribution in [0.5, 0.6) is 5.75 Å². The van der Waals surface area contributed by atoms with Crippen molar-refractivity contribution in [3.63, 3.8) is 0 Å². The Balaban J connectivity index is 1.43. The lowest BCUT2D eigenvalue weighted by molar-refractivity contribution is 0.203. The molecule has 2 aliphatic heterocycles. The van der Waals surface area contributed by atoms with Gasteiger partial charge in [0, 0.05) is 35.4 Å². The topological polar surface area (TPSA) is 90.0 Å². The van der Waals surface area contributed by atoms with E-state index in [1.165, 1.54) is 12.1 Å². The second-order valence-electron chi connectivity index (χ2n) is 9.81. The molecule has 0 aliphatic carbocycles. The molecule has 2 aromatic heterocycles. The van der Waals surface area contributed by atoms with Crippen molar-refractivity contribution >= 4 is 5.82 Å². The number of phenols is 1. The molecule has 33 heavy (non-hydrogen) atoms. The lowest BCUT2D eigenvalue weighted by Gasteiger charge is -2.46. The maximum atomic E-state index is 14.9. The maximum Gasteiger partial charge on any atom is 0.151 e. The van der Waals surface area contributed by atoms with Crippen LogP contribution in [0.2, 0.25) is 0 Å². The molecule has 1 unspecified atom stereocenters. The molecule has 9 heteroatoms. The van der Waals surface area contributed by atoms with Crippen molar-refractivity contribution in [3.05, 3.63) is 42.5 Å². The lowest BCUT2D eigenvalue weighted by Crippen LogP contribution is -2.59. The second kappa shape index (κ2) is 8.06. The minimum absolute atomic E-state index is 0.0155. The number of alkyl halides is 1. The number of benzene rings is 1. The fourth-order valence-corrected chi connectivity index (χ4v) is 5.65. The highest BCUT2D eigenvalue weighted by atomic mass is 19.1. The number of fused-ring (bicyclic) bond motifs is 2. The zero-order valence-electron chi connectivity index (χ0n) is 18.8. The number of anilines is 1. The first-order valence-corrected chi connectivity index (χ1v) is 11.3. The Kier molecular flexibility index (Phi) is 5.31. The minimum Gasteiger partial charge on any atom is -0.507 e. The molecule has 3 aromatic rings. The molecule has 3 atom stereocenters. The number of hydrogen-bond acceptors (Lipinski definition) is 6. The molecule has 174 valence electrons. The molecule has 0 saturated carbocycles. The predicted octanol–water partition coefficient (Wildman–Crippen LogP) is 4.22. The van der Waals surface area contributed by atoms with Gasteiger partial charge in [-0.2, -0.15) is 5.10 Å². The van der Waals surface area contributed by atoms with Crippen LogP contribution in [-0.2, 0) is 0 Å². The molecular weight excluding hydrogens is 426 g/mol. The van der Waals surface area contributed by atoms with Crippen molar-refractivity contribution in [2.45, 2.75) is 56.7 Å². The molecule has 0 radical (unpaired) electrons. The molecule has 2 fully saturated rings.